The standard InChI is InChI=1S/C13H19BN2O3/c1-12(2)13(3,4)19-14(18-12)10-6-9(7-16-8-10)11(17)15-5/h6-8H,1-5H3,(H,15,17). The number of hydrogen-bond acceptors (Lipinski definition) is 4. The van der Waals surface area contributed by atoms with Gasteiger partial charge in [0, 0.05) is 24.9 Å². The van der Waals surface area contributed by atoms with Gasteiger partial charge in [-0.05, 0) is 33.8 Å². The van der Waals surface area contributed by atoms with Gasteiger partial charge in [-0.2, -0.15) is 0 Å². The van der Waals surface area contributed by atoms with E-state index in [-0.39, 0.29) is 5.91 Å². The number of carbonyl (C=O) groups is 1. The van der Waals surface area contributed by atoms with Crippen molar-refractivity contribution in [1.82, 2.24) is 10.3 Å². The highest BCUT2D eigenvalue weighted by Crippen LogP contribution is 2.36. The Balaban J connectivity index is 2.27. The molecule has 5 nitrogen and oxygen atoms in total. The van der Waals surface area contributed by atoms with Crippen LogP contribution in [-0.4, -0.2) is 36.3 Å². The lowest BCUT2D eigenvalue weighted by Gasteiger charge is -2.32. The Kier molecular flexibility index (Phi) is 3.41. The molecule has 6 heteroatoms. The Morgan fingerprint density at radius 3 is 2.32 bits per heavy atom. The van der Waals surface area contributed by atoms with Crippen LogP contribution in [0.1, 0.15) is 38.1 Å². The molecule has 1 N–H and O–H groups in total. The predicted molar refractivity (Wildman–Crippen MR) is 73.3 cm³/mol. The summed E-state index contributed by atoms with van der Waals surface area (Å²) in [5.41, 5.74) is 0.441. The van der Waals surface area contributed by atoms with Crippen LogP contribution in [0.2, 0.25) is 0 Å². The second-order valence-corrected chi connectivity index (χ2v) is 5.67. The number of rotatable bonds is 2. The normalized spacial score (nSPS) is 20.4. The molecule has 1 amide bonds. The molecule has 0 atom stereocenters. The van der Waals surface area contributed by atoms with Crippen molar-refractivity contribution in [2.45, 2.75) is 38.9 Å². The number of nitrogens with one attached hydrogen (secondary N) is 1. The summed E-state index contributed by atoms with van der Waals surface area (Å²) in [6, 6.07) is 1.74. The van der Waals surface area contributed by atoms with Crippen LogP contribution in [0.25, 0.3) is 0 Å². The molecular weight excluding hydrogens is 243 g/mol. The maximum Gasteiger partial charge on any atom is 0.496 e. The minimum absolute atomic E-state index is 0.175. The summed E-state index contributed by atoms with van der Waals surface area (Å²) in [6.07, 6.45) is 3.18. The van der Waals surface area contributed by atoms with Crippen molar-refractivity contribution in [3.63, 3.8) is 0 Å². The molecule has 19 heavy (non-hydrogen) atoms. The molecule has 1 saturated heterocycles. The minimum Gasteiger partial charge on any atom is -0.399 e. The zero-order valence-corrected chi connectivity index (χ0v) is 12.0. The fraction of sp³-hybridized carbons (Fsp3) is 0.538. The lowest BCUT2D eigenvalue weighted by molar-refractivity contribution is 0.00578. The fourth-order valence-corrected chi connectivity index (χ4v) is 1.83. The average molecular weight is 262 g/mol. The Bertz CT molecular complexity index is 486. The van der Waals surface area contributed by atoms with Gasteiger partial charge in [0.15, 0.2) is 0 Å². The zero-order chi connectivity index (χ0) is 14.3. The lowest BCUT2D eigenvalue weighted by atomic mass is 9.80. The second-order valence-electron chi connectivity index (χ2n) is 5.67. The molecule has 1 aliphatic rings. The predicted octanol–water partition coefficient (Wildman–Crippen LogP) is 0.740. The Morgan fingerprint density at radius 1 is 1.21 bits per heavy atom. The van der Waals surface area contributed by atoms with Gasteiger partial charge in [0.05, 0.1) is 16.8 Å². The van der Waals surface area contributed by atoms with E-state index in [0.29, 0.717) is 5.56 Å². The average Bonchev–Trinajstić information content (AvgIpc) is 2.58. The van der Waals surface area contributed by atoms with Crippen LogP contribution < -0.4 is 10.8 Å². The van der Waals surface area contributed by atoms with Crippen molar-refractivity contribution in [2.24, 2.45) is 0 Å². The number of amides is 1. The zero-order valence-electron chi connectivity index (χ0n) is 12.0. The largest absolute Gasteiger partial charge is 0.496 e. The Hall–Kier alpha value is -1.40. The Labute approximate surface area is 113 Å². The van der Waals surface area contributed by atoms with Gasteiger partial charge >= 0.3 is 7.12 Å². The van der Waals surface area contributed by atoms with Crippen molar-refractivity contribution in [2.75, 3.05) is 7.05 Å². The van der Waals surface area contributed by atoms with Crippen LogP contribution in [0.3, 0.4) is 0 Å². The summed E-state index contributed by atoms with van der Waals surface area (Å²) in [7, 11) is 1.09. The number of hydrogen-bond donors (Lipinski definition) is 1. The van der Waals surface area contributed by atoms with Crippen LogP contribution in [0.5, 0.6) is 0 Å². The second kappa shape index (κ2) is 4.61. The molecule has 102 valence electrons. The minimum atomic E-state index is -0.498. The van der Waals surface area contributed by atoms with E-state index in [9.17, 15) is 4.79 Å². The number of carbonyl (C=O) groups excluding carboxylic acids is 1. The van der Waals surface area contributed by atoms with Crippen molar-refractivity contribution < 1.29 is 14.1 Å². The van der Waals surface area contributed by atoms with Crippen molar-refractivity contribution in [3.05, 3.63) is 24.0 Å². The first-order chi connectivity index (χ1) is 8.77. The quantitative estimate of drug-likeness (QED) is 0.798. The van der Waals surface area contributed by atoms with Gasteiger partial charge in [-0.15, -0.1) is 0 Å². The van der Waals surface area contributed by atoms with Gasteiger partial charge in [0.1, 0.15) is 0 Å². The van der Waals surface area contributed by atoms with E-state index in [1.165, 1.54) is 6.20 Å². The maximum atomic E-state index is 11.6. The van der Waals surface area contributed by atoms with E-state index in [2.05, 4.69) is 10.3 Å². The fourth-order valence-electron chi connectivity index (χ4n) is 1.83. The molecular formula is C13H19BN2O3. The number of nitrogens with zero attached hydrogens (tertiary/aromatic N) is 1. The summed E-state index contributed by atoms with van der Waals surface area (Å²) in [5, 5.41) is 2.57. The van der Waals surface area contributed by atoms with Gasteiger partial charge in [-0.25, -0.2) is 0 Å². The molecule has 0 aromatic carbocycles. The summed E-state index contributed by atoms with van der Waals surface area (Å²) in [4.78, 5) is 15.7. The van der Waals surface area contributed by atoms with Crippen molar-refractivity contribution >= 4 is 18.5 Å². The van der Waals surface area contributed by atoms with Crippen LogP contribution in [0.4, 0.5) is 0 Å². The highest BCUT2D eigenvalue weighted by molar-refractivity contribution is 6.62. The van der Waals surface area contributed by atoms with Crippen molar-refractivity contribution in [1.29, 1.82) is 0 Å². The monoisotopic (exact) mass is 262 g/mol. The van der Waals surface area contributed by atoms with E-state index in [1.54, 1.807) is 19.3 Å². The van der Waals surface area contributed by atoms with Gasteiger partial charge < -0.3 is 14.6 Å². The van der Waals surface area contributed by atoms with Crippen LogP contribution in [-0.2, 0) is 9.31 Å². The molecule has 0 unspecified atom stereocenters. The van der Waals surface area contributed by atoms with Gasteiger partial charge in [-0.1, -0.05) is 0 Å². The highest BCUT2D eigenvalue weighted by atomic mass is 16.7. The SMILES string of the molecule is CNC(=O)c1cncc(B2OC(C)(C)C(C)(C)O2)c1. The third-order valence-corrected chi connectivity index (χ3v) is 3.77. The van der Waals surface area contributed by atoms with E-state index in [4.69, 9.17) is 9.31 Å². The third-order valence-electron chi connectivity index (χ3n) is 3.77. The summed E-state index contributed by atoms with van der Waals surface area (Å²) >= 11 is 0. The number of pyridine rings is 1. The number of aromatic nitrogens is 1. The molecule has 2 heterocycles. The first-order valence-electron chi connectivity index (χ1n) is 6.29. The van der Waals surface area contributed by atoms with Crippen LogP contribution >= 0.6 is 0 Å². The Morgan fingerprint density at radius 2 is 1.79 bits per heavy atom. The summed E-state index contributed by atoms with van der Waals surface area (Å²) in [6.45, 7) is 7.96. The van der Waals surface area contributed by atoms with Gasteiger partial charge in [0.2, 0.25) is 0 Å². The van der Waals surface area contributed by atoms with E-state index >= 15 is 0 Å². The highest BCUT2D eigenvalue weighted by Gasteiger charge is 2.51. The molecule has 0 aliphatic carbocycles. The van der Waals surface area contributed by atoms with E-state index < -0.39 is 18.3 Å². The van der Waals surface area contributed by atoms with E-state index in [1.807, 2.05) is 27.7 Å². The lowest BCUT2D eigenvalue weighted by Crippen LogP contribution is -2.41. The third kappa shape index (κ3) is 2.50. The van der Waals surface area contributed by atoms with Gasteiger partial charge in [-0.3, -0.25) is 9.78 Å². The molecule has 2 rings (SSSR count). The molecule has 0 radical (unpaired) electrons. The van der Waals surface area contributed by atoms with Crippen LogP contribution in [0.15, 0.2) is 18.5 Å². The molecule has 0 saturated carbocycles. The molecule has 0 spiro atoms. The molecule has 1 fully saturated rings. The summed E-state index contributed by atoms with van der Waals surface area (Å²) < 4.78 is 11.8. The van der Waals surface area contributed by atoms with Crippen LogP contribution in [0, 0.1) is 0 Å². The smallest absolute Gasteiger partial charge is 0.399 e. The maximum absolute atomic E-state index is 11.6. The topological polar surface area (TPSA) is 60.5 Å². The molecule has 1 aromatic rings. The van der Waals surface area contributed by atoms with Gasteiger partial charge in [0.25, 0.3) is 5.91 Å². The first-order valence-corrected chi connectivity index (χ1v) is 6.29. The molecule has 0 bridgehead atoms. The van der Waals surface area contributed by atoms with E-state index in [0.717, 1.165) is 5.46 Å². The summed E-state index contributed by atoms with van der Waals surface area (Å²) in [5.74, 6) is -0.175. The first kappa shape index (κ1) is 14.0. The molecule has 1 aromatic heterocycles. The van der Waals surface area contributed by atoms with Crippen molar-refractivity contribution in [3.8, 4) is 0 Å². The molecule has 1 aliphatic heterocycles.